The lowest BCUT2D eigenvalue weighted by molar-refractivity contribution is -0.677. The fourth-order valence-corrected chi connectivity index (χ4v) is 4.92. The van der Waals surface area contributed by atoms with E-state index >= 15 is 0 Å². The van der Waals surface area contributed by atoms with Crippen molar-refractivity contribution in [3.05, 3.63) is 28.9 Å². The highest BCUT2D eigenvalue weighted by molar-refractivity contribution is 7.32. The number of aromatic nitrogens is 1. The molecule has 3 rings (SSSR count). The van der Waals surface area contributed by atoms with Gasteiger partial charge in [0.05, 0.1) is 4.70 Å². The normalized spacial score (nSPS) is 11.7. The van der Waals surface area contributed by atoms with Gasteiger partial charge in [-0.3, -0.25) is 0 Å². The van der Waals surface area contributed by atoms with Crippen LogP contribution in [0.15, 0.2) is 17.6 Å². The number of pyridine rings is 1. The van der Waals surface area contributed by atoms with Crippen molar-refractivity contribution in [2.75, 3.05) is 0 Å². The summed E-state index contributed by atoms with van der Waals surface area (Å²) < 4.78 is 6.66. The second-order valence-corrected chi connectivity index (χ2v) is 6.05. The van der Waals surface area contributed by atoms with Crippen molar-refractivity contribution in [3.63, 3.8) is 0 Å². The molecule has 0 aliphatic heterocycles. The van der Waals surface area contributed by atoms with E-state index in [1.165, 1.54) is 30.7 Å². The molecule has 0 atom stereocenters. The molecular formula is C13H14NS2+. The van der Waals surface area contributed by atoms with Gasteiger partial charge in [0.2, 0.25) is 0 Å². The largest absolute Gasteiger partial charge is 0.204 e. The molecule has 0 saturated carbocycles. The first-order chi connectivity index (χ1) is 7.72. The fourth-order valence-electron chi connectivity index (χ4n) is 2.22. The van der Waals surface area contributed by atoms with Crippen LogP contribution in [0, 0.1) is 6.92 Å². The van der Waals surface area contributed by atoms with Crippen LogP contribution in [0.2, 0.25) is 0 Å². The SMILES string of the molecule is CCc1c2sc3c(C)csc3c2cc[n+]1C. The third-order valence-corrected chi connectivity index (χ3v) is 5.75. The smallest absolute Gasteiger partial charge is 0.198 e. The van der Waals surface area contributed by atoms with Crippen LogP contribution in [0.5, 0.6) is 0 Å². The van der Waals surface area contributed by atoms with E-state index in [9.17, 15) is 0 Å². The Balaban J connectivity index is 2.53. The number of fused-ring (bicyclic) bond motifs is 3. The van der Waals surface area contributed by atoms with Gasteiger partial charge >= 0.3 is 0 Å². The zero-order valence-electron chi connectivity index (χ0n) is 9.70. The molecule has 0 radical (unpaired) electrons. The molecule has 0 N–H and O–H groups in total. The van der Waals surface area contributed by atoms with Gasteiger partial charge in [-0.15, -0.1) is 22.7 Å². The lowest BCUT2D eigenvalue weighted by Gasteiger charge is -1.97. The van der Waals surface area contributed by atoms with Gasteiger partial charge in [0.25, 0.3) is 0 Å². The third kappa shape index (κ3) is 1.25. The maximum atomic E-state index is 2.26. The van der Waals surface area contributed by atoms with Gasteiger partial charge in [0, 0.05) is 22.6 Å². The Morgan fingerprint density at radius 2 is 2.06 bits per heavy atom. The minimum atomic E-state index is 1.10. The number of rotatable bonds is 1. The first-order valence-corrected chi connectivity index (χ1v) is 7.19. The van der Waals surface area contributed by atoms with Crippen LogP contribution in [0.25, 0.3) is 19.5 Å². The highest BCUT2D eigenvalue weighted by Gasteiger charge is 2.16. The highest BCUT2D eigenvalue weighted by Crippen LogP contribution is 2.40. The molecule has 0 aliphatic carbocycles. The van der Waals surface area contributed by atoms with Crippen LogP contribution < -0.4 is 4.57 Å². The summed E-state index contributed by atoms with van der Waals surface area (Å²) >= 11 is 3.83. The number of hydrogen-bond acceptors (Lipinski definition) is 2. The van der Waals surface area contributed by atoms with E-state index in [1.807, 2.05) is 22.7 Å². The molecule has 0 saturated heterocycles. The topological polar surface area (TPSA) is 3.88 Å². The molecule has 0 spiro atoms. The predicted molar refractivity (Wildman–Crippen MR) is 72.5 cm³/mol. The van der Waals surface area contributed by atoms with Crippen LogP contribution in [-0.2, 0) is 13.5 Å². The van der Waals surface area contributed by atoms with Crippen LogP contribution in [0.3, 0.4) is 0 Å². The summed E-state index contributed by atoms with van der Waals surface area (Å²) in [5.41, 5.74) is 2.87. The predicted octanol–water partition coefficient (Wildman–Crippen LogP) is 3.81. The lowest BCUT2D eigenvalue weighted by atomic mass is 10.2. The van der Waals surface area contributed by atoms with Crippen molar-refractivity contribution >= 4 is 42.2 Å². The summed E-state index contributed by atoms with van der Waals surface area (Å²) in [5.74, 6) is 0. The van der Waals surface area contributed by atoms with Gasteiger partial charge in [-0.2, -0.15) is 0 Å². The molecular weight excluding hydrogens is 234 g/mol. The number of aryl methyl sites for hydroxylation is 3. The first kappa shape index (κ1) is 10.2. The molecule has 3 heteroatoms. The van der Waals surface area contributed by atoms with E-state index in [4.69, 9.17) is 0 Å². The van der Waals surface area contributed by atoms with Crippen molar-refractivity contribution in [1.82, 2.24) is 0 Å². The Labute approximate surface area is 103 Å². The van der Waals surface area contributed by atoms with E-state index in [-0.39, 0.29) is 0 Å². The maximum absolute atomic E-state index is 2.26. The molecule has 3 heterocycles. The summed E-state index contributed by atoms with van der Waals surface area (Å²) in [5, 5.41) is 3.70. The van der Waals surface area contributed by atoms with Crippen LogP contribution in [-0.4, -0.2) is 0 Å². The average Bonchev–Trinajstić information content (AvgIpc) is 2.79. The minimum absolute atomic E-state index is 1.10. The summed E-state index contributed by atoms with van der Waals surface area (Å²) in [6, 6.07) is 2.25. The Morgan fingerprint density at radius 1 is 1.25 bits per heavy atom. The lowest BCUT2D eigenvalue weighted by Crippen LogP contribution is -2.32. The maximum Gasteiger partial charge on any atom is 0.198 e. The molecule has 82 valence electrons. The van der Waals surface area contributed by atoms with E-state index < -0.39 is 0 Å². The summed E-state index contributed by atoms with van der Waals surface area (Å²) in [4.78, 5) is 0. The molecule has 0 fully saturated rings. The highest BCUT2D eigenvalue weighted by atomic mass is 32.1. The van der Waals surface area contributed by atoms with Crippen LogP contribution in [0.1, 0.15) is 18.2 Å². The molecule has 0 aromatic carbocycles. The molecule has 3 aromatic rings. The summed E-state index contributed by atoms with van der Waals surface area (Å²) in [6.45, 7) is 4.44. The standard InChI is InChI=1S/C13H14NS2/c1-4-10-12-9(5-6-14(10)3)13-11(16-12)8(2)7-15-13/h5-7H,4H2,1-3H3/q+1. The van der Waals surface area contributed by atoms with Gasteiger partial charge in [-0.05, 0) is 17.9 Å². The summed E-state index contributed by atoms with van der Waals surface area (Å²) in [7, 11) is 2.14. The van der Waals surface area contributed by atoms with Crippen molar-refractivity contribution in [3.8, 4) is 0 Å². The van der Waals surface area contributed by atoms with E-state index in [1.54, 1.807) is 0 Å². The van der Waals surface area contributed by atoms with E-state index in [0.717, 1.165) is 6.42 Å². The second-order valence-electron chi connectivity index (χ2n) is 4.15. The van der Waals surface area contributed by atoms with Gasteiger partial charge in [-0.25, -0.2) is 4.57 Å². The molecule has 0 unspecified atom stereocenters. The summed E-state index contributed by atoms with van der Waals surface area (Å²) in [6.07, 6.45) is 3.28. The molecule has 0 amide bonds. The van der Waals surface area contributed by atoms with Crippen molar-refractivity contribution < 1.29 is 4.57 Å². The van der Waals surface area contributed by atoms with Crippen molar-refractivity contribution in [2.45, 2.75) is 20.3 Å². The molecule has 0 aliphatic rings. The molecule has 16 heavy (non-hydrogen) atoms. The Kier molecular flexibility index (Phi) is 2.26. The van der Waals surface area contributed by atoms with Crippen LogP contribution >= 0.6 is 22.7 Å². The van der Waals surface area contributed by atoms with E-state index in [0.29, 0.717) is 0 Å². The first-order valence-electron chi connectivity index (χ1n) is 5.50. The second kappa shape index (κ2) is 3.54. The van der Waals surface area contributed by atoms with Gasteiger partial charge in [0.1, 0.15) is 11.7 Å². The minimum Gasteiger partial charge on any atom is -0.204 e. The third-order valence-electron chi connectivity index (χ3n) is 3.10. The van der Waals surface area contributed by atoms with E-state index in [2.05, 4.69) is 43.1 Å². The Bertz CT molecular complexity index is 676. The number of thiophene rings is 2. The van der Waals surface area contributed by atoms with Gasteiger partial charge < -0.3 is 0 Å². The molecule has 3 aromatic heterocycles. The van der Waals surface area contributed by atoms with Gasteiger partial charge in [-0.1, -0.05) is 6.92 Å². The van der Waals surface area contributed by atoms with Gasteiger partial charge in [0.15, 0.2) is 11.9 Å². The zero-order valence-corrected chi connectivity index (χ0v) is 11.3. The quantitative estimate of drug-likeness (QED) is 0.577. The zero-order chi connectivity index (χ0) is 11.3. The Hall–Kier alpha value is -0.930. The molecule has 0 bridgehead atoms. The van der Waals surface area contributed by atoms with Crippen molar-refractivity contribution in [2.24, 2.45) is 7.05 Å². The average molecular weight is 248 g/mol. The monoisotopic (exact) mass is 248 g/mol. The van der Waals surface area contributed by atoms with Crippen molar-refractivity contribution in [1.29, 1.82) is 0 Å². The number of nitrogens with zero attached hydrogens (tertiary/aromatic N) is 1. The molecule has 1 nitrogen and oxygen atoms in total. The Morgan fingerprint density at radius 3 is 2.81 bits per heavy atom. The number of hydrogen-bond donors (Lipinski definition) is 0. The van der Waals surface area contributed by atoms with Crippen LogP contribution in [0.4, 0.5) is 0 Å². The fraction of sp³-hybridized carbons (Fsp3) is 0.308.